The van der Waals surface area contributed by atoms with Crippen LogP contribution in [0.5, 0.6) is 0 Å². The van der Waals surface area contributed by atoms with E-state index < -0.39 is 0 Å². The van der Waals surface area contributed by atoms with Crippen LogP contribution in [0.1, 0.15) is 0 Å². The second kappa shape index (κ2) is 1.40. The van der Waals surface area contributed by atoms with Crippen molar-refractivity contribution in [2.75, 3.05) is 4.43 Å². The van der Waals surface area contributed by atoms with E-state index in [0.29, 0.717) is 0 Å². The normalized spacial score (nSPS) is 23.4. The van der Waals surface area contributed by atoms with Crippen molar-refractivity contribution in [1.29, 1.82) is 0 Å². The van der Waals surface area contributed by atoms with Gasteiger partial charge in [0.15, 0.2) is 0 Å². The Kier molecular flexibility index (Phi) is 1.07. The standard InChI is InChI=1S/C2H3INO/c3-1-2-4-5-2/h4H,1H2. The Hall–Kier alpha value is 0.650. The van der Waals surface area contributed by atoms with Crippen LogP contribution < -0.4 is 5.48 Å². The summed E-state index contributed by atoms with van der Waals surface area (Å²) in [6, 6.07) is 0. The maximum absolute atomic E-state index is 4.52. The van der Waals surface area contributed by atoms with E-state index in [1.165, 1.54) is 0 Å². The molecule has 1 radical (unpaired) electrons. The Morgan fingerprint density at radius 2 is 2.60 bits per heavy atom. The minimum Gasteiger partial charge on any atom is -0.269 e. The third-order valence-electron chi connectivity index (χ3n) is 0.368. The lowest BCUT2D eigenvalue weighted by Crippen LogP contribution is -1.75. The summed E-state index contributed by atoms with van der Waals surface area (Å²) < 4.78 is 0.970. The molecule has 5 heavy (non-hydrogen) atoms. The highest BCUT2D eigenvalue weighted by atomic mass is 127. The van der Waals surface area contributed by atoms with Crippen LogP contribution in [-0.4, -0.2) is 4.43 Å². The summed E-state index contributed by atoms with van der Waals surface area (Å²) in [6.07, 6.45) is 0.991. The average molecular weight is 184 g/mol. The molecule has 0 saturated carbocycles. The topological polar surface area (TPSA) is 34.5 Å². The number of hydrogen-bond donors (Lipinski definition) is 1. The molecule has 29 valence electrons. The fourth-order valence-corrected chi connectivity index (χ4v) is 0.402. The summed E-state index contributed by atoms with van der Waals surface area (Å²) in [5.41, 5.74) is 2.59. The summed E-state index contributed by atoms with van der Waals surface area (Å²) in [5.74, 6) is 0. The summed E-state index contributed by atoms with van der Waals surface area (Å²) in [6.45, 7) is 0. The molecule has 2 nitrogen and oxygen atoms in total. The molecule has 0 unspecified atom stereocenters. The molecular weight excluding hydrogens is 181 g/mol. The fraction of sp³-hybridized carbons (Fsp3) is 0.500. The highest BCUT2D eigenvalue weighted by Gasteiger charge is 2.21. The Bertz CT molecular complexity index is 36.6. The van der Waals surface area contributed by atoms with Gasteiger partial charge < -0.3 is 0 Å². The van der Waals surface area contributed by atoms with E-state index >= 15 is 0 Å². The highest BCUT2D eigenvalue weighted by Crippen LogP contribution is 2.11. The average Bonchev–Trinajstić information content (AvgIpc) is 2.12. The lowest BCUT2D eigenvalue weighted by Gasteiger charge is -1.61. The first-order chi connectivity index (χ1) is 2.43. The van der Waals surface area contributed by atoms with Crippen molar-refractivity contribution in [3.8, 4) is 0 Å². The number of halogens is 1. The lowest BCUT2D eigenvalue weighted by molar-refractivity contribution is 0.414. The van der Waals surface area contributed by atoms with E-state index in [4.69, 9.17) is 0 Å². The van der Waals surface area contributed by atoms with Gasteiger partial charge in [-0.2, -0.15) is 5.48 Å². The van der Waals surface area contributed by atoms with Gasteiger partial charge in [0, 0.05) is 0 Å². The lowest BCUT2D eigenvalue weighted by atomic mass is 10.8. The zero-order valence-corrected chi connectivity index (χ0v) is 4.65. The van der Waals surface area contributed by atoms with E-state index in [1.807, 2.05) is 0 Å². The van der Waals surface area contributed by atoms with Crippen LogP contribution in [0.25, 0.3) is 0 Å². The van der Waals surface area contributed by atoms with Gasteiger partial charge in [0.2, 0.25) is 6.23 Å². The molecule has 0 atom stereocenters. The van der Waals surface area contributed by atoms with E-state index in [0.717, 1.165) is 10.7 Å². The van der Waals surface area contributed by atoms with Crippen LogP contribution in [0.3, 0.4) is 0 Å². The maximum atomic E-state index is 4.52. The third-order valence-corrected chi connectivity index (χ3v) is 1.06. The number of hydrogen-bond acceptors (Lipinski definition) is 2. The molecule has 0 aliphatic carbocycles. The van der Waals surface area contributed by atoms with Gasteiger partial charge in [-0.05, 0) is 0 Å². The summed E-state index contributed by atoms with van der Waals surface area (Å²) in [5, 5.41) is 0. The second-order valence-corrected chi connectivity index (χ2v) is 1.52. The number of nitrogens with one attached hydrogen (secondary N) is 1. The smallest absolute Gasteiger partial charge is 0.217 e. The summed E-state index contributed by atoms with van der Waals surface area (Å²) in [4.78, 5) is 4.52. The number of hydroxylamine groups is 1. The van der Waals surface area contributed by atoms with Gasteiger partial charge in [-0.1, -0.05) is 22.6 Å². The zero-order valence-electron chi connectivity index (χ0n) is 2.49. The molecule has 0 bridgehead atoms. The molecule has 1 N–H and O–H groups in total. The molecule has 1 heterocycles. The number of alkyl halides is 1. The van der Waals surface area contributed by atoms with Crippen LogP contribution in [-0.2, 0) is 4.84 Å². The molecule has 0 amide bonds. The van der Waals surface area contributed by atoms with Crippen molar-refractivity contribution in [3.05, 3.63) is 6.23 Å². The first-order valence-electron chi connectivity index (χ1n) is 1.28. The first-order valence-corrected chi connectivity index (χ1v) is 2.80. The minimum atomic E-state index is 0.970. The van der Waals surface area contributed by atoms with Crippen molar-refractivity contribution in [1.82, 2.24) is 5.48 Å². The molecule has 0 aromatic rings. The number of rotatable bonds is 1. The molecule has 1 rings (SSSR count). The molecule has 0 aromatic carbocycles. The Morgan fingerprint density at radius 1 is 2.00 bits per heavy atom. The van der Waals surface area contributed by atoms with Gasteiger partial charge in [-0.25, -0.2) is 0 Å². The predicted molar refractivity (Wildman–Crippen MR) is 26.4 cm³/mol. The van der Waals surface area contributed by atoms with E-state index in [9.17, 15) is 0 Å². The third kappa shape index (κ3) is 1.02. The fourth-order valence-electron chi connectivity index (χ4n) is 0.0906. The van der Waals surface area contributed by atoms with Gasteiger partial charge in [0.25, 0.3) is 0 Å². The minimum absolute atomic E-state index is 0.970. The van der Waals surface area contributed by atoms with Gasteiger partial charge in [-0.15, -0.1) is 0 Å². The Balaban J connectivity index is 2.00. The van der Waals surface area contributed by atoms with Crippen molar-refractivity contribution < 1.29 is 4.84 Å². The molecule has 1 aliphatic heterocycles. The van der Waals surface area contributed by atoms with Gasteiger partial charge in [0.1, 0.15) is 0 Å². The van der Waals surface area contributed by atoms with Gasteiger partial charge in [0.05, 0.1) is 4.43 Å². The monoisotopic (exact) mass is 184 g/mol. The van der Waals surface area contributed by atoms with E-state index in [2.05, 4.69) is 32.9 Å². The van der Waals surface area contributed by atoms with E-state index in [1.54, 1.807) is 0 Å². The van der Waals surface area contributed by atoms with Crippen molar-refractivity contribution in [2.45, 2.75) is 0 Å². The Labute approximate surface area is 44.0 Å². The molecular formula is C2H3INO. The maximum Gasteiger partial charge on any atom is 0.217 e. The van der Waals surface area contributed by atoms with Crippen LogP contribution >= 0.6 is 22.6 Å². The SMILES string of the molecule is IC[C]1NO1. The van der Waals surface area contributed by atoms with Crippen molar-refractivity contribution in [2.24, 2.45) is 0 Å². The molecule has 1 saturated heterocycles. The largest absolute Gasteiger partial charge is 0.269 e. The molecule has 3 heteroatoms. The van der Waals surface area contributed by atoms with Gasteiger partial charge >= 0.3 is 0 Å². The second-order valence-electron chi connectivity index (χ2n) is 0.761. The summed E-state index contributed by atoms with van der Waals surface area (Å²) in [7, 11) is 0. The summed E-state index contributed by atoms with van der Waals surface area (Å²) >= 11 is 2.22. The van der Waals surface area contributed by atoms with Crippen LogP contribution in [0.4, 0.5) is 0 Å². The molecule has 1 fully saturated rings. The van der Waals surface area contributed by atoms with Crippen LogP contribution in [0.2, 0.25) is 0 Å². The zero-order chi connectivity index (χ0) is 3.70. The van der Waals surface area contributed by atoms with Gasteiger partial charge in [-0.3, -0.25) is 4.84 Å². The molecule has 0 spiro atoms. The van der Waals surface area contributed by atoms with Crippen molar-refractivity contribution >= 4 is 22.6 Å². The quantitative estimate of drug-likeness (QED) is 0.364. The predicted octanol–water partition coefficient (Wildman–Crippen LogP) is 0.446. The Morgan fingerprint density at radius 3 is 2.60 bits per heavy atom. The van der Waals surface area contributed by atoms with Crippen LogP contribution in [0, 0.1) is 6.23 Å². The molecule has 1 aliphatic rings. The first kappa shape index (κ1) is 3.83. The van der Waals surface area contributed by atoms with E-state index in [-0.39, 0.29) is 0 Å². The van der Waals surface area contributed by atoms with Crippen LogP contribution in [0.15, 0.2) is 0 Å². The van der Waals surface area contributed by atoms with Crippen molar-refractivity contribution in [3.63, 3.8) is 0 Å². The molecule has 0 aromatic heterocycles. The highest BCUT2D eigenvalue weighted by molar-refractivity contribution is 14.1.